The zero-order valence-electron chi connectivity index (χ0n) is 6.06. The molecule has 1 heteroatoms. The first kappa shape index (κ1) is 5.72. The number of rotatable bonds is 0. The van der Waals surface area contributed by atoms with Crippen LogP contribution < -0.4 is 5.73 Å². The summed E-state index contributed by atoms with van der Waals surface area (Å²) in [5, 5.41) is 0. The zero-order valence-corrected chi connectivity index (χ0v) is 6.06. The van der Waals surface area contributed by atoms with Crippen molar-refractivity contribution >= 4 is 0 Å². The van der Waals surface area contributed by atoms with Gasteiger partial charge in [-0.1, -0.05) is 6.42 Å². The Balaban J connectivity index is 2.18. The van der Waals surface area contributed by atoms with E-state index in [0.717, 1.165) is 11.8 Å². The molecule has 0 aliphatic heterocycles. The van der Waals surface area contributed by atoms with Gasteiger partial charge in [-0.05, 0) is 38.0 Å². The molecule has 2 saturated carbocycles. The fraction of sp³-hybridized carbons (Fsp3) is 1.00. The molecule has 2 aliphatic rings. The first-order valence-corrected chi connectivity index (χ1v) is 3.97. The Kier molecular flexibility index (Phi) is 0.963. The van der Waals surface area contributed by atoms with E-state index in [1.807, 2.05) is 0 Å². The molecule has 0 aromatic carbocycles. The van der Waals surface area contributed by atoms with Crippen molar-refractivity contribution in [2.75, 3.05) is 0 Å². The van der Waals surface area contributed by atoms with Crippen molar-refractivity contribution in [1.82, 2.24) is 0 Å². The number of hydrogen-bond acceptors (Lipinski definition) is 1. The van der Waals surface area contributed by atoms with E-state index in [-0.39, 0.29) is 5.54 Å². The van der Waals surface area contributed by atoms with Crippen LogP contribution in [0.1, 0.15) is 32.6 Å². The van der Waals surface area contributed by atoms with Crippen molar-refractivity contribution in [3.8, 4) is 0 Å². The van der Waals surface area contributed by atoms with Gasteiger partial charge in [0.25, 0.3) is 0 Å². The van der Waals surface area contributed by atoms with Crippen LogP contribution in [0.15, 0.2) is 0 Å². The van der Waals surface area contributed by atoms with E-state index >= 15 is 0 Å². The van der Waals surface area contributed by atoms with Crippen LogP contribution in [-0.2, 0) is 0 Å². The molecular formula is C8H15N. The molecule has 0 amide bonds. The molecule has 0 spiro atoms. The molecule has 9 heavy (non-hydrogen) atoms. The van der Waals surface area contributed by atoms with E-state index in [2.05, 4.69) is 6.92 Å². The molecule has 0 aromatic rings. The lowest BCUT2D eigenvalue weighted by molar-refractivity contribution is 0.297. The SMILES string of the molecule is C[C@@]1(N)C[C@@H]2CC[C@@H]1C2. The lowest BCUT2D eigenvalue weighted by Gasteiger charge is -2.29. The summed E-state index contributed by atoms with van der Waals surface area (Å²) in [5.74, 6) is 1.85. The first-order chi connectivity index (χ1) is 4.18. The molecule has 2 N–H and O–H groups in total. The molecule has 0 unspecified atom stereocenters. The zero-order chi connectivity index (χ0) is 6.48. The van der Waals surface area contributed by atoms with Crippen molar-refractivity contribution in [3.63, 3.8) is 0 Å². The summed E-state index contributed by atoms with van der Waals surface area (Å²) in [4.78, 5) is 0. The minimum Gasteiger partial charge on any atom is -0.325 e. The Labute approximate surface area is 56.6 Å². The van der Waals surface area contributed by atoms with Crippen LogP contribution in [0.25, 0.3) is 0 Å². The van der Waals surface area contributed by atoms with E-state index in [4.69, 9.17) is 5.73 Å². The molecule has 2 aliphatic carbocycles. The second-order valence-corrected chi connectivity index (χ2v) is 4.09. The minimum absolute atomic E-state index is 0.211. The molecule has 2 bridgehead atoms. The minimum atomic E-state index is 0.211. The van der Waals surface area contributed by atoms with E-state index in [1.165, 1.54) is 25.7 Å². The highest BCUT2D eigenvalue weighted by molar-refractivity contribution is 5.01. The second kappa shape index (κ2) is 1.51. The largest absolute Gasteiger partial charge is 0.325 e. The molecule has 0 radical (unpaired) electrons. The van der Waals surface area contributed by atoms with Gasteiger partial charge in [0, 0.05) is 5.54 Å². The summed E-state index contributed by atoms with van der Waals surface area (Å²) in [7, 11) is 0. The first-order valence-electron chi connectivity index (χ1n) is 3.97. The van der Waals surface area contributed by atoms with Gasteiger partial charge >= 0.3 is 0 Å². The molecule has 1 nitrogen and oxygen atoms in total. The fourth-order valence-corrected chi connectivity index (χ4v) is 2.65. The molecular weight excluding hydrogens is 110 g/mol. The van der Waals surface area contributed by atoms with Crippen LogP contribution >= 0.6 is 0 Å². The second-order valence-electron chi connectivity index (χ2n) is 4.09. The van der Waals surface area contributed by atoms with Gasteiger partial charge in [0.2, 0.25) is 0 Å². The Hall–Kier alpha value is -0.0400. The average Bonchev–Trinajstić information content (AvgIpc) is 2.19. The van der Waals surface area contributed by atoms with Gasteiger partial charge in [0.05, 0.1) is 0 Å². The van der Waals surface area contributed by atoms with Crippen molar-refractivity contribution in [2.45, 2.75) is 38.1 Å². The van der Waals surface area contributed by atoms with Crippen molar-refractivity contribution in [2.24, 2.45) is 17.6 Å². The molecule has 3 atom stereocenters. The summed E-state index contributed by atoms with van der Waals surface area (Å²) in [6.45, 7) is 2.22. The lowest BCUT2D eigenvalue weighted by Crippen LogP contribution is -2.41. The van der Waals surface area contributed by atoms with Gasteiger partial charge in [0.15, 0.2) is 0 Å². The molecule has 2 fully saturated rings. The quantitative estimate of drug-likeness (QED) is 0.522. The molecule has 0 heterocycles. The van der Waals surface area contributed by atoms with Crippen molar-refractivity contribution in [3.05, 3.63) is 0 Å². The summed E-state index contributed by atoms with van der Waals surface area (Å²) in [5.41, 5.74) is 6.27. The highest BCUT2D eigenvalue weighted by atomic mass is 14.8. The predicted octanol–water partition coefficient (Wildman–Crippen LogP) is 1.52. The van der Waals surface area contributed by atoms with Crippen molar-refractivity contribution < 1.29 is 0 Å². The normalized spacial score (nSPS) is 56.7. The topological polar surface area (TPSA) is 26.0 Å². The third kappa shape index (κ3) is 0.710. The summed E-state index contributed by atoms with van der Waals surface area (Å²) < 4.78 is 0. The maximum absolute atomic E-state index is 6.06. The average molecular weight is 125 g/mol. The van der Waals surface area contributed by atoms with E-state index in [0.29, 0.717) is 0 Å². The van der Waals surface area contributed by atoms with Crippen LogP contribution in [0, 0.1) is 11.8 Å². The van der Waals surface area contributed by atoms with Crippen molar-refractivity contribution in [1.29, 1.82) is 0 Å². The van der Waals surface area contributed by atoms with Crippen LogP contribution in [0.2, 0.25) is 0 Å². The number of fused-ring (bicyclic) bond motifs is 2. The smallest absolute Gasteiger partial charge is 0.0157 e. The Bertz CT molecular complexity index is 129. The van der Waals surface area contributed by atoms with Gasteiger partial charge < -0.3 is 5.73 Å². The highest BCUT2D eigenvalue weighted by Gasteiger charge is 2.45. The van der Waals surface area contributed by atoms with Crippen LogP contribution in [0.3, 0.4) is 0 Å². The van der Waals surface area contributed by atoms with Crippen LogP contribution in [0.5, 0.6) is 0 Å². The Morgan fingerprint density at radius 2 is 2.22 bits per heavy atom. The maximum Gasteiger partial charge on any atom is 0.0157 e. The molecule has 0 aromatic heterocycles. The van der Waals surface area contributed by atoms with E-state index in [1.54, 1.807) is 0 Å². The Morgan fingerprint density at radius 1 is 1.44 bits per heavy atom. The van der Waals surface area contributed by atoms with Gasteiger partial charge in [-0.3, -0.25) is 0 Å². The van der Waals surface area contributed by atoms with E-state index < -0.39 is 0 Å². The van der Waals surface area contributed by atoms with Crippen LogP contribution in [0.4, 0.5) is 0 Å². The van der Waals surface area contributed by atoms with Gasteiger partial charge in [-0.15, -0.1) is 0 Å². The third-order valence-electron chi connectivity index (χ3n) is 3.20. The lowest BCUT2D eigenvalue weighted by atomic mass is 9.84. The third-order valence-corrected chi connectivity index (χ3v) is 3.20. The van der Waals surface area contributed by atoms with Gasteiger partial charge in [0.1, 0.15) is 0 Å². The Morgan fingerprint density at radius 3 is 2.44 bits per heavy atom. The van der Waals surface area contributed by atoms with Gasteiger partial charge in [-0.2, -0.15) is 0 Å². The maximum atomic E-state index is 6.06. The summed E-state index contributed by atoms with van der Waals surface area (Å²) in [6.07, 6.45) is 5.57. The number of hydrogen-bond donors (Lipinski definition) is 1. The molecule has 2 rings (SSSR count). The summed E-state index contributed by atoms with van der Waals surface area (Å²) in [6, 6.07) is 0. The molecule has 52 valence electrons. The highest BCUT2D eigenvalue weighted by Crippen LogP contribution is 2.49. The standard InChI is InChI=1S/C8H15N/c1-8(9)5-6-2-3-7(8)4-6/h6-7H,2-5,9H2,1H3/t6-,7-,8-/m1/s1. The summed E-state index contributed by atoms with van der Waals surface area (Å²) >= 11 is 0. The van der Waals surface area contributed by atoms with Crippen LogP contribution in [-0.4, -0.2) is 5.54 Å². The molecule has 0 saturated heterocycles. The fourth-order valence-electron chi connectivity index (χ4n) is 2.65. The predicted molar refractivity (Wildman–Crippen MR) is 38.0 cm³/mol. The van der Waals surface area contributed by atoms with Gasteiger partial charge in [-0.25, -0.2) is 0 Å². The monoisotopic (exact) mass is 125 g/mol. The van der Waals surface area contributed by atoms with E-state index in [9.17, 15) is 0 Å². The number of nitrogens with two attached hydrogens (primary N) is 1.